The Kier molecular flexibility index (Phi) is 4.24. The van der Waals surface area contributed by atoms with Crippen molar-refractivity contribution in [2.75, 3.05) is 0 Å². The summed E-state index contributed by atoms with van der Waals surface area (Å²) < 4.78 is 37.4. The summed E-state index contributed by atoms with van der Waals surface area (Å²) in [6.45, 7) is 2.11. The predicted molar refractivity (Wildman–Crippen MR) is 71.2 cm³/mol. The van der Waals surface area contributed by atoms with Crippen LogP contribution in [0, 0.1) is 0 Å². The molecular weight excluding hydrogens is 271 g/mol. The number of unbranched alkanes of at least 4 members (excludes halogenated alkanes) is 1. The molecule has 0 amide bonds. The molecule has 0 spiro atoms. The van der Waals surface area contributed by atoms with Crippen molar-refractivity contribution in [1.29, 1.82) is 0 Å². The van der Waals surface area contributed by atoms with Crippen molar-refractivity contribution in [3.05, 3.63) is 40.9 Å². The number of halogens is 3. The van der Waals surface area contributed by atoms with Gasteiger partial charge in [-0.3, -0.25) is 0 Å². The third-order valence-electron chi connectivity index (χ3n) is 2.80. The third kappa shape index (κ3) is 3.56. The molecule has 5 heteroatoms. The molecule has 1 nitrogen and oxygen atoms in total. The van der Waals surface area contributed by atoms with Crippen LogP contribution in [0.25, 0.3) is 10.6 Å². The van der Waals surface area contributed by atoms with E-state index in [2.05, 4.69) is 11.9 Å². The molecular formula is C14H14F3NS. The van der Waals surface area contributed by atoms with Crippen LogP contribution in [-0.2, 0) is 12.6 Å². The lowest BCUT2D eigenvalue weighted by molar-refractivity contribution is -0.137. The summed E-state index contributed by atoms with van der Waals surface area (Å²) in [5, 5.41) is 2.75. The molecule has 0 saturated heterocycles. The van der Waals surface area contributed by atoms with Crippen LogP contribution in [0.4, 0.5) is 13.2 Å². The summed E-state index contributed by atoms with van der Waals surface area (Å²) in [4.78, 5) is 4.45. The molecule has 0 radical (unpaired) electrons. The van der Waals surface area contributed by atoms with Gasteiger partial charge in [0, 0.05) is 10.9 Å². The van der Waals surface area contributed by atoms with Crippen LogP contribution in [0.3, 0.4) is 0 Å². The number of nitrogens with zero attached hydrogens (tertiary/aromatic N) is 1. The maximum atomic E-state index is 12.5. The molecule has 1 aromatic carbocycles. The van der Waals surface area contributed by atoms with Crippen molar-refractivity contribution >= 4 is 11.3 Å². The lowest BCUT2D eigenvalue weighted by atomic mass is 10.1. The molecule has 1 aromatic heterocycles. The van der Waals surface area contributed by atoms with E-state index in [9.17, 15) is 13.2 Å². The van der Waals surface area contributed by atoms with Gasteiger partial charge in [0.1, 0.15) is 5.01 Å². The van der Waals surface area contributed by atoms with Crippen LogP contribution in [0.1, 0.15) is 31.0 Å². The Bertz CT molecular complexity index is 528. The Balaban J connectivity index is 2.16. The van der Waals surface area contributed by atoms with Crippen molar-refractivity contribution in [1.82, 2.24) is 4.98 Å². The first-order valence-electron chi connectivity index (χ1n) is 6.12. The topological polar surface area (TPSA) is 12.9 Å². The fourth-order valence-corrected chi connectivity index (χ4v) is 2.57. The van der Waals surface area contributed by atoms with Crippen LogP contribution in [-0.4, -0.2) is 4.98 Å². The highest BCUT2D eigenvalue weighted by atomic mass is 32.1. The van der Waals surface area contributed by atoms with E-state index < -0.39 is 11.7 Å². The fourth-order valence-electron chi connectivity index (χ4n) is 1.71. The number of rotatable bonds is 4. The second kappa shape index (κ2) is 5.74. The van der Waals surface area contributed by atoms with E-state index in [-0.39, 0.29) is 0 Å². The number of aromatic nitrogens is 1. The number of thiazole rings is 1. The van der Waals surface area contributed by atoms with Gasteiger partial charge in [0.05, 0.1) is 11.3 Å². The first kappa shape index (κ1) is 14.1. The minimum Gasteiger partial charge on any atom is -0.241 e. The third-order valence-corrected chi connectivity index (χ3v) is 3.74. The van der Waals surface area contributed by atoms with Crippen LogP contribution in [0.2, 0.25) is 0 Å². The van der Waals surface area contributed by atoms with Crippen molar-refractivity contribution < 1.29 is 13.2 Å². The quantitative estimate of drug-likeness (QED) is 0.755. The Morgan fingerprint density at radius 3 is 2.42 bits per heavy atom. The highest BCUT2D eigenvalue weighted by Crippen LogP contribution is 2.31. The van der Waals surface area contributed by atoms with Gasteiger partial charge < -0.3 is 0 Å². The summed E-state index contributed by atoms with van der Waals surface area (Å²) in [6.07, 6.45) is -1.18. The molecule has 2 rings (SSSR count). The standard InChI is InChI=1S/C14H14F3NS/c1-2-3-4-12-9-19-13(18-12)10-5-7-11(8-6-10)14(15,16)17/h5-9H,2-4H2,1H3. The van der Waals surface area contributed by atoms with E-state index in [0.717, 1.165) is 47.7 Å². The summed E-state index contributed by atoms with van der Waals surface area (Å²) in [5.41, 5.74) is 1.13. The lowest BCUT2D eigenvalue weighted by Crippen LogP contribution is -2.03. The largest absolute Gasteiger partial charge is 0.416 e. The van der Waals surface area contributed by atoms with Gasteiger partial charge in [0.15, 0.2) is 0 Å². The molecule has 1 heterocycles. The molecule has 19 heavy (non-hydrogen) atoms. The molecule has 2 aromatic rings. The average Bonchev–Trinajstić information content (AvgIpc) is 2.84. The number of hydrogen-bond acceptors (Lipinski definition) is 2. The minimum absolute atomic E-state index is 0.626. The van der Waals surface area contributed by atoms with E-state index in [4.69, 9.17) is 0 Å². The molecule has 0 aliphatic heterocycles. The molecule has 0 atom stereocenters. The van der Waals surface area contributed by atoms with Crippen molar-refractivity contribution in [3.8, 4) is 10.6 Å². The van der Waals surface area contributed by atoms with Crippen LogP contribution in [0.5, 0.6) is 0 Å². The highest BCUT2D eigenvalue weighted by molar-refractivity contribution is 7.13. The Hall–Kier alpha value is -1.36. The number of aryl methyl sites for hydroxylation is 1. The lowest BCUT2D eigenvalue weighted by Gasteiger charge is -2.06. The van der Waals surface area contributed by atoms with Gasteiger partial charge in [0.25, 0.3) is 0 Å². The van der Waals surface area contributed by atoms with Crippen molar-refractivity contribution in [2.24, 2.45) is 0 Å². The van der Waals surface area contributed by atoms with Gasteiger partial charge in [-0.15, -0.1) is 11.3 Å². The van der Waals surface area contributed by atoms with Crippen molar-refractivity contribution in [2.45, 2.75) is 32.4 Å². The van der Waals surface area contributed by atoms with E-state index in [1.165, 1.54) is 23.5 Å². The Morgan fingerprint density at radius 1 is 1.16 bits per heavy atom. The molecule has 102 valence electrons. The molecule has 0 N–H and O–H groups in total. The monoisotopic (exact) mass is 285 g/mol. The van der Waals surface area contributed by atoms with Gasteiger partial charge in [-0.1, -0.05) is 25.5 Å². The number of benzene rings is 1. The summed E-state index contributed by atoms with van der Waals surface area (Å²) in [7, 11) is 0. The second-order valence-corrected chi connectivity index (χ2v) is 5.18. The average molecular weight is 285 g/mol. The number of hydrogen-bond donors (Lipinski definition) is 0. The van der Waals surface area contributed by atoms with Crippen LogP contribution >= 0.6 is 11.3 Å². The van der Waals surface area contributed by atoms with Gasteiger partial charge in [0.2, 0.25) is 0 Å². The fraction of sp³-hybridized carbons (Fsp3) is 0.357. The normalized spacial score (nSPS) is 11.8. The molecule has 0 fully saturated rings. The summed E-state index contributed by atoms with van der Waals surface area (Å²) in [6, 6.07) is 5.15. The van der Waals surface area contributed by atoms with Crippen LogP contribution < -0.4 is 0 Å². The first-order chi connectivity index (χ1) is 9.00. The van der Waals surface area contributed by atoms with Gasteiger partial charge in [-0.2, -0.15) is 13.2 Å². The molecule has 0 aliphatic carbocycles. The Morgan fingerprint density at radius 2 is 1.84 bits per heavy atom. The van der Waals surface area contributed by atoms with Gasteiger partial charge in [-0.05, 0) is 25.0 Å². The summed E-state index contributed by atoms with van der Waals surface area (Å²) >= 11 is 1.47. The molecule has 0 unspecified atom stereocenters. The van der Waals surface area contributed by atoms with Crippen LogP contribution in [0.15, 0.2) is 29.6 Å². The van der Waals surface area contributed by atoms with E-state index >= 15 is 0 Å². The molecule has 0 saturated carbocycles. The van der Waals surface area contributed by atoms with E-state index in [1.54, 1.807) is 0 Å². The zero-order chi connectivity index (χ0) is 13.9. The maximum absolute atomic E-state index is 12.5. The first-order valence-corrected chi connectivity index (χ1v) is 7.00. The maximum Gasteiger partial charge on any atom is 0.416 e. The SMILES string of the molecule is CCCCc1csc(-c2ccc(C(F)(F)F)cc2)n1. The minimum atomic E-state index is -4.28. The summed E-state index contributed by atoms with van der Waals surface area (Å²) in [5.74, 6) is 0. The zero-order valence-corrected chi connectivity index (χ0v) is 11.3. The van der Waals surface area contributed by atoms with Gasteiger partial charge >= 0.3 is 6.18 Å². The highest BCUT2D eigenvalue weighted by Gasteiger charge is 2.30. The second-order valence-electron chi connectivity index (χ2n) is 4.32. The predicted octanol–water partition coefficient (Wildman–Crippen LogP) is 5.17. The van der Waals surface area contributed by atoms with E-state index in [0.29, 0.717) is 0 Å². The van der Waals surface area contributed by atoms with Crippen molar-refractivity contribution in [3.63, 3.8) is 0 Å². The van der Waals surface area contributed by atoms with E-state index in [1.807, 2.05) is 5.38 Å². The number of alkyl halides is 3. The Labute approximate surface area is 114 Å². The zero-order valence-electron chi connectivity index (χ0n) is 10.5. The molecule has 0 aliphatic rings. The molecule has 0 bridgehead atoms. The smallest absolute Gasteiger partial charge is 0.241 e. The van der Waals surface area contributed by atoms with Gasteiger partial charge in [-0.25, -0.2) is 4.98 Å².